The lowest BCUT2D eigenvalue weighted by atomic mass is 10.2. The monoisotopic (exact) mass is 261 g/mol. The molecule has 1 aromatic heterocycles. The summed E-state index contributed by atoms with van der Waals surface area (Å²) in [5, 5.41) is 8.63. The van der Waals surface area contributed by atoms with Gasteiger partial charge in [0.1, 0.15) is 16.6 Å². The van der Waals surface area contributed by atoms with Crippen LogP contribution in [0.1, 0.15) is 0 Å². The molecular formula is C12H11N3O2S. The zero-order valence-electron chi connectivity index (χ0n) is 9.69. The molecule has 2 aromatic rings. The summed E-state index contributed by atoms with van der Waals surface area (Å²) in [5.74, 6) is 1.41. The Balaban J connectivity index is 1.98. The molecule has 18 heavy (non-hydrogen) atoms. The van der Waals surface area contributed by atoms with Crippen LogP contribution in [-0.2, 0) is 4.79 Å². The van der Waals surface area contributed by atoms with Gasteiger partial charge in [0.15, 0.2) is 6.61 Å². The van der Waals surface area contributed by atoms with Crippen LogP contribution in [0.15, 0.2) is 23.6 Å². The molecule has 1 amide bonds. The predicted octanol–water partition coefficient (Wildman–Crippen LogP) is 2.18. The predicted molar refractivity (Wildman–Crippen MR) is 71.2 cm³/mol. The molecule has 0 unspecified atom stereocenters. The Hall–Kier alpha value is -2.08. The third kappa shape index (κ3) is 1.91. The van der Waals surface area contributed by atoms with Crippen LogP contribution in [0.4, 0.5) is 11.5 Å². The van der Waals surface area contributed by atoms with Crippen LogP contribution in [0.25, 0.3) is 10.6 Å². The molecule has 3 rings (SSSR count). The van der Waals surface area contributed by atoms with Crippen LogP contribution in [0.3, 0.4) is 0 Å². The van der Waals surface area contributed by atoms with E-state index in [-0.39, 0.29) is 12.5 Å². The van der Waals surface area contributed by atoms with Crippen molar-refractivity contribution in [3.05, 3.63) is 23.6 Å². The van der Waals surface area contributed by atoms with Crippen LogP contribution in [0, 0.1) is 0 Å². The van der Waals surface area contributed by atoms with E-state index in [0.29, 0.717) is 11.4 Å². The van der Waals surface area contributed by atoms with Gasteiger partial charge in [-0.2, -0.15) is 0 Å². The topological polar surface area (TPSA) is 63.2 Å². The highest BCUT2D eigenvalue weighted by atomic mass is 32.1. The molecule has 0 radical (unpaired) electrons. The number of nitrogens with one attached hydrogen (secondary N) is 2. The molecule has 0 aliphatic carbocycles. The van der Waals surface area contributed by atoms with Gasteiger partial charge in [0, 0.05) is 18.0 Å². The number of aromatic nitrogens is 1. The van der Waals surface area contributed by atoms with Crippen molar-refractivity contribution < 1.29 is 9.53 Å². The lowest BCUT2D eigenvalue weighted by molar-refractivity contribution is -0.118. The number of amides is 1. The van der Waals surface area contributed by atoms with Gasteiger partial charge < -0.3 is 15.4 Å². The number of thiazole rings is 1. The third-order valence-corrected chi connectivity index (χ3v) is 3.51. The first-order valence-corrected chi connectivity index (χ1v) is 6.34. The van der Waals surface area contributed by atoms with Crippen LogP contribution in [-0.4, -0.2) is 24.5 Å². The molecule has 6 heteroatoms. The summed E-state index contributed by atoms with van der Waals surface area (Å²) in [4.78, 5) is 15.7. The summed E-state index contributed by atoms with van der Waals surface area (Å²) in [6.07, 6.45) is 0. The van der Waals surface area contributed by atoms with Crippen LogP contribution < -0.4 is 15.4 Å². The molecule has 5 nitrogen and oxygen atoms in total. The summed E-state index contributed by atoms with van der Waals surface area (Å²) in [6, 6.07) is 5.67. The largest absolute Gasteiger partial charge is 0.482 e. The Morgan fingerprint density at radius 1 is 1.50 bits per heavy atom. The number of carbonyl (C=O) groups excluding carboxylic acids is 1. The number of fused-ring (bicyclic) bond motifs is 1. The van der Waals surface area contributed by atoms with Crippen molar-refractivity contribution in [2.24, 2.45) is 0 Å². The van der Waals surface area contributed by atoms with E-state index in [1.54, 1.807) is 11.3 Å². The van der Waals surface area contributed by atoms with Gasteiger partial charge >= 0.3 is 0 Å². The molecular weight excluding hydrogens is 250 g/mol. The summed E-state index contributed by atoms with van der Waals surface area (Å²) in [6.45, 7) is 0.0769. The number of hydrogen-bond acceptors (Lipinski definition) is 5. The SMILES string of the molecule is CNc1csc(-c2ccc3c(c2)NC(=O)CO3)n1. The fourth-order valence-electron chi connectivity index (χ4n) is 1.74. The molecule has 2 N–H and O–H groups in total. The molecule has 0 atom stereocenters. The first kappa shape index (κ1) is 11.0. The van der Waals surface area contributed by atoms with Crippen molar-refractivity contribution in [2.45, 2.75) is 0 Å². The number of ether oxygens (including phenoxy) is 1. The normalized spacial score (nSPS) is 13.5. The lowest BCUT2D eigenvalue weighted by Gasteiger charge is -2.18. The minimum Gasteiger partial charge on any atom is -0.482 e. The number of carbonyl (C=O) groups is 1. The van der Waals surface area contributed by atoms with E-state index in [0.717, 1.165) is 16.4 Å². The minimum absolute atomic E-state index is 0.0769. The Morgan fingerprint density at radius 2 is 2.39 bits per heavy atom. The van der Waals surface area contributed by atoms with E-state index >= 15 is 0 Å². The van der Waals surface area contributed by atoms with E-state index in [9.17, 15) is 4.79 Å². The second-order valence-corrected chi connectivity index (χ2v) is 4.69. The molecule has 0 saturated carbocycles. The zero-order chi connectivity index (χ0) is 12.5. The summed E-state index contributed by atoms with van der Waals surface area (Å²) >= 11 is 1.55. The van der Waals surface area contributed by atoms with Crippen molar-refractivity contribution in [3.8, 4) is 16.3 Å². The van der Waals surface area contributed by atoms with Crippen molar-refractivity contribution in [1.82, 2.24) is 4.98 Å². The number of hydrogen-bond donors (Lipinski definition) is 2. The number of benzene rings is 1. The average molecular weight is 261 g/mol. The highest BCUT2D eigenvalue weighted by molar-refractivity contribution is 7.13. The average Bonchev–Trinajstić information content (AvgIpc) is 2.86. The van der Waals surface area contributed by atoms with Gasteiger partial charge in [0.25, 0.3) is 5.91 Å². The molecule has 0 spiro atoms. The molecule has 92 valence electrons. The van der Waals surface area contributed by atoms with E-state index in [1.165, 1.54) is 0 Å². The van der Waals surface area contributed by atoms with E-state index in [4.69, 9.17) is 4.74 Å². The van der Waals surface area contributed by atoms with E-state index in [1.807, 2.05) is 30.6 Å². The summed E-state index contributed by atoms with van der Waals surface area (Å²) < 4.78 is 5.31. The standard InChI is InChI=1S/C12H11N3O2S/c1-13-10-6-18-12(15-10)7-2-3-9-8(4-7)14-11(16)5-17-9/h2-4,6,13H,5H2,1H3,(H,14,16). The molecule has 1 aliphatic heterocycles. The maximum Gasteiger partial charge on any atom is 0.262 e. The fraction of sp³-hybridized carbons (Fsp3) is 0.167. The van der Waals surface area contributed by atoms with Gasteiger partial charge in [-0.15, -0.1) is 11.3 Å². The number of rotatable bonds is 2. The highest BCUT2D eigenvalue weighted by Crippen LogP contribution is 2.34. The van der Waals surface area contributed by atoms with Gasteiger partial charge in [-0.3, -0.25) is 4.79 Å². The maximum atomic E-state index is 11.3. The first-order valence-electron chi connectivity index (χ1n) is 5.46. The van der Waals surface area contributed by atoms with Gasteiger partial charge in [0.2, 0.25) is 0 Å². The zero-order valence-corrected chi connectivity index (χ0v) is 10.5. The first-order chi connectivity index (χ1) is 8.76. The second kappa shape index (κ2) is 4.30. The third-order valence-electron chi connectivity index (χ3n) is 2.62. The highest BCUT2D eigenvalue weighted by Gasteiger charge is 2.16. The quantitative estimate of drug-likeness (QED) is 0.869. The fourth-order valence-corrected chi connectivity index (χ4v) is 2.55. The Morgan fingerprint density at radius 3 is 3.17 bits per heavy atom. The van der Waals surface area contributed by atoms with Crippen LogP contribution in [0.5, 0.6) is 5.75 Å². The van der Waals surface area contributed by atoms with Crippen molar-refractivity contribution in [3.63, 3.8) is 0 Å². The van der Waals surface area contributed by atoms with Gasteiger partial charge in [0.05, 0.1) is 5.69 Å². The van der Waals surface area contributed by atoms with Gasteiger partial charge in [-0.25, -0.2) is 4.98 Å². The Labute approximate surface area is 108 Å². The van der Waals surface area contributed by atoms with Gasteiger partial charge in [-0.05, 0) is 18.2 Å². The van der Waals surface area contributed by atoms with Crippen LogP contribution >= 0.6 is 11.3 Å². The molecule has 0 bridgehead atoms. The van der Waals surface area contributed by atoms with Crippen molar-refractivity contribution >= 4 is 28.7 Å². The maximum absolute atomic E-state index is 11.3. The smallest absolute Gasteiger partial charge is 0.262 e. The van der Waals surface area contributed by atoms with Crippen molar-refractivity contribution in [2.75, 3.05) is 24.3 Å². The molecule has 0 fully saturated rings. The lowest BCUT2D eigenvalue weighted by Crippen LogP contribution is -2.25. The molecule has 1 aliphatic rings. The van der Waals surface area contributed by atoms with E-state index in [2.05, 4.69) is 15.6 Å². The second-order valence-electron chi connectivity index (χ2n) is 3.84. The van der Waals surface area contributed by atoms with Gasteiger partial charge in [-0.1, -0.05) is 0 Å². The van der Waals surface area contributed by atoms with Crippen LogP contribution in [0.2, 0.25) is 0 Å². The molecule has 2 heterocycles. The summed E-state index contributed by atoms with van der Waals surface area (Å²) in [5.41, 5.74) is 1.66. The van der Waals surface area contributed by atoms with E-state index < -0.39 is 0 Å². The number of anilines is 2. The van der Waals surface area contributed by atoms with Crippen molar-refractivity contribution in [1.29, 1.82) is 0 Å². The Bertz CT molecular complexity index is 609. The molecule has 1 aromatic carbocycles. The Kier molecular flexibility index (Phi) is 2.64. The number of nitrogens with zero attached hydrogens (tertiary/aromatic N) is 1. The minimum atomic E-state index is -0.130. The molecule has 0 saturated heterocycles. The summed E-state index contributed by atoms with van der Waals surface area (Å²) in [7, 11) is 1.83.